The third kappa shape index (κ3) is 5.24. The molecule has 0 aliphatic carbocycles. The maximum Gasteiger partial charge on any atom is 0.276 e. The zero-order valence-corrected chi connectivity index (χ0v) is 14.5. The minimum absolute atomic E-state index is 0.232. The molecule has 0 unspecified atom stereocenters. The lowest BCUT2D eigenvalue weighted by Gasteiger charge is -2.12. The highest BCUT2D eigenvalue weighted by atomic mass is 16.5. The lowest BCUT2D eigenvalue weighted by Crippen LogP contribution is -2.45. The number of hydrazine groups is 1. The molecule has 2 aromatic rings. The molecule has 0 aliphatic heterocycles. The van der Waals surface area contributed by atoms with Gasteiger partial charge in [0.15, 0.2) is 13.2 Å². The van der Waals surface area contributed by atoms with E-state index < -0.39 is 11.8 Å². The number of benzene rings is 2. The van der Waals surface area contributed by atoms with Crippen LogP contribution in [0.3, 0.4) is 0 Å². The average Bonchev–Trinajstić information content (AvgIpc) is 2.64. The number of nitrogens with zero attached hydrogens (tertiary/aromatic N) is 1. The molecule has 0 atom stereocenters. The van der Waals surface area contributed by atoms with Gasteiger partial charge in [0.05, 0.1) is 5.56 Å². The van der Waals surface area contributed by atoms with E-state index in [9.17, 15) is 9.59 Å². The third-order valence-corrected chi connectivity index (χ3v) is 3.46. The Morgan fingerprint density at radius 3 is 2.12 bits per heavy atom. The smallest absolute Gasteiger partial charge is 0.276 e. The van der Waals surface area contributed by atoms with Crippen molar-refractivity contribution in [3.8, 4) is 17.6 Å². The molecule has 2 rings (SSSR count). The Labute approximate surface area is 151 Å². The van der Waals surface area contributed by atoms with Gasteiger partial charge in [-0.25, -0.2) is 0 Å². The van der Waals surface area contributed by atoms with Gasteiger partial charge in [-0.2, -0.15) is 5.26 Å². The van der Waals surface area contributed by atoms with Gasteiger partial charge in [0.2, 0.25) is 0 Å². The van der Waals surface area contributed by atoms with Crippen LogP contribution in [0.1, 0.15) is 16.7 Å². The molecule has 0 bridgehead atoms. The SMILES string of the molecule is Cc1cccc(C)c1OCC(=O)NNC(=O)COc1ccccc1C#N. The van der Waals surface area contributed by atoms with Gasteiger partial charge in [0.25, 0.3) is 11.8 Å². The molecular formula is C19H19N3O4. The van der Waals surface area contributed by atoms with Gasteiger partial charge in [-0.05, 0) is 37.1 Å². The van der Waals surface area contributed by atoms with Crippen LogP contribution < -0.4 is 20.3 Å². The molecule has 0 fully saturated rings. The molecule has 0 heterocycles. The summed E-state index contributed by atoms with van der Waals surface area (Å²) in [5.41, 5.74) is 6.65. The zero-order chi connectivity index (χ0) is 18.9. The fourth-order valence-electron chi connectivity index (χ4n) is 2.20. The topological polar surface area (TPSA) is 100 Å². The highest BCUT2D eigenvalue weighted by Gasteiger charge is 2.10. The minimum Gasteiger partial charge on any atom is -0.483 e. The summed E-state index contributed by atoms with van der Waals surface area (Å²) in [4.78, 5) is 23.5. The number of rotatable bonds is 6. The maximum atomic E-state index is 11.8. The lowest BCUT2D eigenvalue weighted by atomic mass is 10.1. The van der Waals surface area contributed by atoms with Crippen molar-refractivity contribution in [3.63, 3.8) is 0 Å². The summed E-state index contributed by atoms with van der Waals surface area (Å²) in [6, 6.07) is 14.2. The van der Waals surface area contributed by atoms with Crippen molar-refractivity contribution < 1.29 is 19.1 Å². The quantitative estimate of drug-likeness (QED) is 0.771. The van der Waals surface area contributed by atoms with Crippen molar-refractivity contribution in [2.75, 3.05) is 13.2 Å². The van der Waals surface area contributed by atoms with Gasteiger partial charge in [-0.15, -0.1) is 0 Å². The second-order valence-electron chi connectivity index (χ2n) is 5.50. The first-order valence-corrected chi connectivity index (χ1v) is 7.90. The number of amides is 2. The highest BCUT2D eigenvalue weighted by Crippen LogP contribution is 2.22. The molecule has 134 valence electrons. The molecule has 0 saturated carbocycles. The van der Waals surface area contributed by atoms with Crippen molar-refractivity contribution in [1.82, 2.24) is 10.9 Å². The summed E-state index contributed by atoms with van der Waals surface area (Å²) in [6.07, 6.45) is 0. The molecule has 0 saturated heterocycles. The number of hydrogen-bond donors (Lipinski definition) is 2. The van der Waals surface area contributed by atoms with Crippen LogP contribution in [-0.4, -0.2) is 25.0 Å². The molecule has 7 nitrogen and oxygen atoms in total. The van der Waals surface area contributed by atoms with Crippen LogP contribution in [0.5, 0.6) is 11.5 Å². The molecule has 2 aromatic carbocycles. The van der Waals surface area contributed by atoms with E-state index in [4.69, 9.17) is 14.7 Å². The number of hydrogen-bond acceptors (Lipinski definition) is 5. The number of aryl methyl sites for hydroxylation is 2. The Balaban J connectivity index is 1.75. The van der Waals surface area contributed by atoms with Gasteiger partial charge in [0.1, 0.15) is 17.6 Å². The van der Waals surface area contributed by atoms with Crippen LogP contribution in [0.4, 0.5) is 0 Å². The van der Waals surface area contributed by atoms with Gasteiger partial charge in [0, 0.05) is 0 Å². The largest absolute Gasteiger partial charge is 0.483 e. The molecule has 2 N–H and O–H groups in total. The number of carbonyl (C=O) groups excluding carboxylic acids is 2. The second kappa shape index (κ2) is 9.08. The summed E-state index contributed by atoms with van der Waals surface area (Å²) >= 11 is 0. The Kier molecular flexibility index (Phi) is 6.57. The van der Waals surface area contributed by atoms with Gasteiger partial charge in [-0.3, -0.25) is 20.4 Å². The summed E-state index contributed by atoms with van der Waals surface area (Å²) < 4.78 is 10.8. The summed E-state index contributed by atoms with van der Waals surface area (Å²) in [7, 11) is 0. The highest BCUT2D eigenvalue weighted by molar-refractivity contribution is 5.83. The van der Waals surface area contributed by atoms with E-state index >= 15 is 0 Å². The first kappa shape index (κ1) is 18.8. The second-order valence-corrected chi connectivity index (χ2v) is 5.50. The summed E-state index contributed by atoms with van der Waals surface area (Å²) in [6.45, 7) is 3.21. The van der Waals surface area contributed by atoms with E-state index in [1.54, 1.807) is 24.3 Å². The van der Waals surface area contributed by atoms with E-state index in [-0.39, 0.29) is 13.2 Å². The first-order valence-electron chi connectivity index (χ1n) is 7.90. The van der Waals surface area contributed by atoms with E-state index in [1.807, 2.05) is 38.1 Å². The number of carbonyl (C=O) groups is 2. The van der Waals surface area contributed by atoms with Gasteiger partial charge < -0.3 is 9.47 Å². The molecular weight excluding hydrogens is 334 g/mol. The molecule has 26 heavy (non-hydrogen) atoms. The first-order chi connectivity index (χ1) is 12.5. The van der Waals surface area contributed by atoms with E-state index in [0.29, 0.717) is 17.1 Å². The number of nitrogens with one attached hydrogen (secondary N) is 2. The minimum atomic E-state index is -0.557. The van der Waals surface area contributed by atoms with E-state index in [0.717, 1.165) is 11.1 Å². The Morgan fingerprint density at radius 1 is 0.923 bits per heavy atom. The molecule has 7 heteroatoms. The van der Waals surface area contributed by atoms with E-state index in [2.05, 4.69) is 10.9 Å². The fourth-order valence-corrected chi connectivity index (χ4v) is 2.20. The lowest BCUT2D eigenvalue weighted by molar-refractivity contribution is -0.131. The van der Waals surface area contributed by atoms with Crippen LogP contribution in [-0.2, 0) is 9.59 Å². The maximum absolute atomic E-state index is 11.8. The Bertz CT molecular complexity index is 823. The van der Waals surface area contributed by atoms with Gasteiger partial charge >= 0.3 is 0 Å². The Hall–Kier alpha value is -3.53. The van der Waals surface area contributed by atoms with Crippen molar-refractivity contribution in [1.29, 1.82) is 5.26 Å². The number of ether oxygens (including phenoxy) is 2. The summed E-state index contributed by atoms with van der Waals surface area (Å²) in [5, 5.41) is 8.95. The average molecular weight is 353 g/mol. The molecule has 0 spiro atoms. The fraction of sp³-hybridized carbons (Fsp3) is 0.211. The van der Waals surface area contributed by atoms with Gasteiger partial charge in [-0.1, -0.05) is 30.3 Å². The summed E-state index contributed by atoms with van der Waals surface area (Å²) in [5.74, 6) is -0.114. The van der Waals surface area contributed by atoms with Crippen molar-refractivity contribution in [2.24, 2.45) is 0 Å². The molecule has 0 radical (unpaired) electrons. The van der Waals surface area contributed by atoms with Crippen LogP contribution in [0, 0.1) is 25.2 Å². The van der Waals surface area contributed by atoms with Crippen LogP contribution in [0.2, 0.25) is 0 Å². The molecule has 0 aliphatic rings. The Morgan fingerprint density at radius 2 is 1.50 bits per heavy atom. The zero-order valence-electron chi connectivity index (χ0n) is 14.5. The van der Waals surface area contributed by atoms with Crippen LogP contribution in [0.15, 0.2) is 42.5 Å². The standard InChI is InChI=1S/C19H19N3O4/c1-13-6-5-7-14(2)19(13)26-12-18(24)22-21-17(23)11-25-16-9-4-3-8-15(16)10-20/h3-9H,11-12H2,1-2H3,(H,21,23)(H,22,24). The van der Waals surface area contributed by atoms with Crippen molar-refractivity contribution >= 4 is 11.8 Å². The normalized spacial score (nSPS) is 9.73. The molecule has 0 aromatic heterocycles. The predicted molar refractivity (Wildman–Crippen MR) is 94.3 cm³/mol. The third-order valence-electron chi connectivity index (χ3n) is 3.46. The molecule has 2 amide bonds. The number of nitriles is 1. The van der Waals surface area contributed by atoms with Crippen molar-refractivity contribution in [3.05, 3.63) is 59.2 Å². The number of para-hydroxylation sites is 2. The van der Waals surface area contributed by atoms with E-state index in [1.165, 1.54) is 0 Å². The van der Waals surface area contributed by atoms with Crippen LogP contribution >= 0.6 is 0 Å². The van der Waals surface area contributed by atoms with Crippen molar-refractivity contribution in [2.45, 2.75) is 13.8 Å². The monoisotopic (exact) mass is 353 g/mol. The predicted octanol–water partition coefficient (Wildman–Crippen LogP) is 1.78. The van der Waals surface area contributed by atoms with Crippen LogP contribution in [0.25, 0.3) is 0 Å².